The molecule has 80 valence electrons. The highest BCUT2D eigenvalue weighted by Gasteiger charge is 2.15. The lowest BCUT2D eigenvalue weighted by atomic mass is 10.4. The largest absolute Gasteiger partial charge is 0.481 e. The second kappa shape index (κ2) is 6.42. The van der Waals surface area contributed by atoms with Gasteiger partial charge in [-0.3, -0.25) is 14.4 Å². The lowest BCUT2D eigenvalue weighted by Gasteiger charge is -2.13. The van der Waals surface area contributed by atoms with E-state index in [9.17, 15) is 14.4 Å². The minimum absolute atomic E-state index is 0.229. The number of carboxylic acids is 1. The van der Waals surface area contributed by atoms with Crippen molar-refractivity contribution in [2.45, 2.75) is 32.1 Å². The Morgan fingerprint density at radius 3 is 2.36 bits per heavy atom. The van der Waals surface area contributed by atoms with Crippen molar-refractivity contribution in [2.24, 2.45) is 0 Å². The molecule has 6 heteroatoms. The van der Waals surface area contributed by atoms with Gasteiger partial charge in [0.1, 0.15) is 6.42 Å². The van der Waals surface area contributed by atoms with Crippen molar-refractivity contribution < 1.29 is 19.5 Å². The average Bonchev–Trinajstić information content (AvgIpc) is 2.00. The number of carbonyl (C=O) groups is 3. The maximum Gasteiger partial charge on any atom is 0.311 e. The molecule has 0 bridgehead atoms. The molecule has 0 fully saturated rings. The van der Waals surface area contributed by atoms with Crippen molar-refractivity contribution in [3.63, 3.8) is 0 Å². The number of hydrogen-bond donors (Lipinski definition) is 2. The van der Waals surface area contributed by atoms with Crippen molar-refractivity contribution in [3.8, 4) is 0 Å². The van der Waals surface area contributed by atoms with Crippen LogP contribution in [-0.2, 0) is 14.4 Å². The summed E-state index contributed by atoms with van der Waals surface area (Å²) < 4.78 is 0. The molecular formula is C8H13NO4S. The van der Waals surface area contributed by atoms with Crippen LogP contribution >= 0.6 is 11.8 Å². The first kappa shape index (κ1) is 13.0. The second-order valence-electron chi connectivity index (χ2n) is 2.66. The lowest BCUT2D eigenvalue weighted by Crippen LogP contribution is -2.31. The third-order valence-corrected chi connectivity index (χ3v) is 2.45. The molecule has 0 aromatic carbocycles. The predicted octanol–water partition coefficient (Wildman–Crippen LogP) is 0.593. The summed E-state index contributed by atoms with van der Waals surface area (Å²) in [4.78, 5) is 31.9. The fourth-order valence-corrected chi connectivity index (χ4v) is 1.68. The van der Waals surface area contributed by atoms with Crippen LogP contribution in [0.2, 0.25) is 0 Å². The van der Waals surface area contributed by atoms with Gasteiger partial charge < -0.3 is 10.4 Å². The van der Waals surface area contributed by atoms with Crippen molar-refractivity contribution >= 4 is 28.8 Å². The maximum atomic E-state index is 11.0. The zero-order valence-electron chi connectivity index (χ0n) is 8.07. The summed E-state index contributed by atoms with van der Waals surface area (Å²) in [6.45, 7) is 3.16. The van der Waals surface area contributed by atoms with E-state index in [0.29, 0.717) is 6.42 Å². The standard InChI is InChI=1S/C8H13NO4S/c1-3-6(9-5(2)10)14-8(13)4-7(11)12/h6H,3-4H2,1-2H3,(H,9,10)(H,11,12). The van der Waals surface area contributed by atoms with Crippen LogP contribution in [0.5, 0.6) is 0 Å². The number of carboxylic acid groups (broad SMARTS) is 1. The summed E-state index contributed by atoms with van der Waals surface area (Å²) in [5.74, 6) is -1.38. The van der Waals surface area contributed by atoms with Gasteiger partial charge in [-0.25, -0.2) is 0 Å². The zero-order chi connectivity index (χ0) is 11.1. The van der Waals surface area contributed by atoms with Gasteiger partial charge in [0.15, 0.2) is 0 Å². The Labute approximate surface area is 86.2 Å². The van der Waals surface area contributed by atoms with Crippen LogP contribution in [0.15, 0.2) is 0 Å². The predicted molar refractivity (Wildman–Crippen MR) is 52.7 cm³/mol. The van der Waals surface area contributed by atoms with Crippen molar-refractivity contribution in [1.29, 1.82) is 0 Å². The van der Waals surface area contributed by atoms with Crippen molar-refractivity contribution in [2.75, 3.05) is 0 Å². The summed E-state index contributed by atoms with van der Waals surface area (Å²) in [5, 5.41) is 10.1. The summed E-state index contributed by atoms with van der Waals surface area (Å²) in [6, 6.07) is 0. The molecule has 0 saturated carbocycles. The van der Waals surface area contributed by atoms with Crippen molar-refractivity contribution in [3.05, 3.63) is 0 Å². The topological polar surface area (TPSA) is 83.5 Å². The van der Waals surface area contributed by atoms with Crippen LogP contribution < -0.4 is 5.32 Å². The Hall–Kier alpha value is -1.04. The van der Waals surface area contributed by atoms with Gasteiger partial charge in [0, 0.05) is 6.92 Å². The Bertz CT molecular complexity index is 241. The normalized spacial score (nSPS) is 11.9. The van der Waals surface area contributed by atoms with Gasteiger partial charge in [0.05, 0.1) is 5.37 Å². The molecule has 14 heavy (non-hydrogen) atoms. The Morgan fingerprint density at radius 1 is 1.43 bits per heavy atom. The average molecular weight is 219 g/mol. The molecule has 2 N–H and O–H groups in total. The number of nitrogens with one attached hydrogen (secondary N) is 1. The van der Waals surface area contributed by atoms with E-state index in [4.69, 9.17) is 5.11 Å². The SMILES string of the molecule is CCC(NC(C)=O)SC(=O)CC(=O)O. The molecular weight excluding hydrogens is 206 g/mol. The molecule has 1 amide bonds. The summed E-state index contributed by atoms with van der Waals surface area (Å²) in [5.41, 5.74) is 0. The van der Waals surface area contributed by atoms with Crippen LogP contribution in [0.4, 0.5) is 0 Å². The van der Waals surface area contributed by atoms with E-state index >= 15 is 0 Å². The highest BCUT2D eigenvalue weighted by atomic mass is 32.2. The van der Waals surface area contributed by atoms with Gasteiger partial charge in [0.25, 0.3) is 0 Å². The van der Waals surface area contributed by atoms with E-state index < -0.39 is 17.5 Å². The smallest absolute Gasteiger partial charge is 0.311 e. The first-order valence-corrected chi connectivity index (χ1v) is 5.02. The van der Waals surface area contributed by atoms with Crippen LogP contribution in [-0.4, -0.2) is 27.5 Å². The monoisotopic (exact) mass is 219 g/mol. The third kappa shape index (κ3) is 6.47. The lowest BCUT2D eigenvalue weighted by molar-refractivity contribution is -0.138. The van der Waals surface area contributed by atoms with Crippen LogP contribution in [0, 0.1) is 0 Å². The van der Waals surface area contributed by atoms with Gasteiger partial charge in [-0.15, -0.1) is 0 Å². The minimum Gasteiger partial charge on any atom is -0.481 e. The molecule has 0 heterocycles. The van der Waals surface area contributed by atoms with Crippen LogP contribution in [0.25, 0.3) is 0 Å². The minimum atomic E-state index is -1.15. The first-order valence-electron chi connectivity index (χ1n) is 4.14. The number of amides is 1. The van der Waals surface area contributed by atoms with Crippen molar-refractivity contribution in [1.82, 2.24) is 5.32 Å². The van der Waals surface area contributed by atoms with Gasteiger partial charge >= 0.3 is 5.97 Å². The molecule has 0 aromatic heterocycles. The molecule has 1 unspecified atom stereocenters. The molecule has 5 nitrogen and oxygen atoms in total. The quantitative estimate of drug-likeness (QED) is 0.522. The Kier molecular flexibility index (Phi) is 5.94. The van der Waals surface area contributed by atoms with E-state index in [1.165, 1.54) is 6.92 Å². The molecule has 0 aromatic rings. The second-order valence-corrected chi connectivity index (χ2v) is 3.92. The molecule has 0 saturated heterocycles. The summed E-state index contributed by atoms with van der Waals surface area (Å²) in [6.07, 6.45) is 0.0658. The maximum absolute atomic E-state index is 11.0. The van der Waals surface area contributed by atoms with E-state index in [1.807, 2.05) is 6.92 Å². The molecule has 0 aliphatic carbocycles. The number of rotatable bonds is 5. The molecule has 0 aliphatic rings. The van der Waals surface area contributed by atoms with Crippen LogP contribution in [0.1, 0.15) is 26.7 Å². The number of thioether (sulfide) groups is 1. The fraction of sp³-hybridized carbons (Fsp3) is 0.625. The molecule has 0 aliphatic heterocycles. The highest BCUT2D eigenvalue weighted by molar-refractivity contribution is 8.14. The van der Waals surface area contributed by atoms with Gasteiger partial charge in [-0.1, -0.05) is 18.7 Å². The van der Waals surface area contributed by atoms with Crippen LogP contribution in [0.3, 0.4) is 0 Å². The highest BCUT2D eigenvalue weighted by Crippen LogP contribution is 2.14. The summed E-state index contributed by atoms with van der Waals surface area (Å²) in [7, 11) is 0. The third-order valence-electron chi connectivity index (χ3n) is 1.30. The van der Waals surface area contributed by atoms with Gasteiger partial charge in [-0.2, -0.15) is 0 Å². The fourth-order valence-electron chi connectivity index (χ4n) is 0.765. The Morgan fingerprint density at radius 2 is 2.00 bits per heavy atom. The van der Waals surface area contributed by atoms with E-state index in [1.54, 1.807) is 0 Å². The molecule has 1 atom stereocenters. The number of aliphatic carboxylic acids is 1. The molecule has 0 rings (SSSR count). The van der Waals surface area contributed by atoms with E-state index in [-0.39, 0.29) is 11.3 Å². The summed E-state index contributed by atoms with van der Waals surface area (Å²) >= 11 is 0.850. The van der Waals surface area contributed by atoms with Gasteiger partial charge in [0.2, 0.25) is 11.0 Å². The zero-order valence-corrected chi connectivity index (χ0v) is 8.89. The van der Waals surface area contributed by atoms with Gasteiger partial charge in [-0.05, 0) is 6.42 Å². The Balaban J connectivity index is 3.98. The number of carbonyl (C=O) groups excluding carboxylic acids is 2. The van der Waals surface area contributed by atoms with E-state index in [2.05, 4.69) is 5.32 Å². The first-order chi connectivity index (χ1) is 6.45. The number of hydrogen-bond acceptors (Lipinski definition) is 4. The molecule has 0 spiro atoms. The van der Waals surface area contributed by atoms with E-state index in [0.717, 1.165) is 11.8 Å². The molecule has 0 radical (unpaired) electrons.